The molecule has 0 aromatic rings. The van der Waals surface area contributed by atoms with Crippen molar-refractivity contribution < 1.29 is 14.4 Å². The van der Waals surface area contributed by atoms with Gasteiger partial charge >= 0.3 is 0 Å². The fourth-order valence-electron chi connectivity index (χ4n) is 1.14. The van der Waals surface area contributed by atoms with E-state index < -0.39 is 17.1 Å². The molecule has 0 bridgehead atoms. The van der Waals surface area contributed by atoms with E-state index in [2.05, 4.69) is 10.3 Å². The first-order chi connectivity index (χ1) is 7.40. The van der Waals surface area contributed by atoms with Gasteiger partial charge in [0.15, 0.2) is 10.4 Å². The van der Waals surface area contributed by atoms with Crippen LogP contribution in [0.1, 0.15) is 13.3 Å². The number of primary amides is 2. The number of rotatable bonds is 3. The predicted octanol–water partition coefficient (Wildman–Crippen LogP) is -1.68. The molecule has 0 unspecified atom stereocenters. The number of carbonyl (C=O) groups excluding carboxylic acids is 3. The van der Waals surface area contributed by atoms with Crippen LogP contribution in [0.15, 0.2) is 4.99 Å². The molecule has 1 heterocycles. The van der Waals surface area contributed by atoms with Crippen LogP contribution >= 0.6 is 11.8 Å². The standard InChI is InChI=1S/C8H12N4O3S/c1-3-2-4(13)12-8(11-3)16-5(6(9)14)7(10)15/h3,5H,2H2,1H3,(H2,9,14)(H2,10,15)(H,11,12,13)/t3-/m1/s1. The molecule has 1 rings (SSSR count). The summed E-state index contributed by atoms with van der Waals surface area (Å²) in [6, 6.07) is -0.183. The lowest BCUT2D eigenvalue weighted by Crippen LogP contribution is -2.43. The molecule has 5 N–H and O–H groups in total. The van der Waals surface area contributed by atoms with Gasteiger partial charge in [-0.2, -0.15) is 0 Å². The molecule has 0 saturated carbocycles. The third kappa shape index (κ3) is 3.23. The van der Waals surface area contributed by atoms with E-state index in [-0.39, 0.29) is 23.5 Å². The summed E-state index contributed by atoms with van der Waals surface area (Å²) in [4.78, 5) is 37.1. The van der Waals surface area contributed by atoms with Gasteiger partial charge in [0.1, 0.15) is 0 Å². The zero-order chi connectivity index (χ0) is 12.3. The molecule has 8 heteroatoms. The Bertz CT molecular complexity index is 354. The minimum absolute atomic E-state index is 0.183. The highest BCUT2D eigenvalue weighted by Crippen LogP contribution is 2.16. The number of nitrogens with two attached hydrogens (primary N) is 2. The lowest BCUT2D eigenvalue weighted by molar-refractivity contribution is -0.125. The lowest BCUT2D eigenvalue weighted by Gasteiger charge is -2.19. The van der Waals surface area contributed by atoms with Crippen LogP contribution in [0.4, 0.5) is 0 Å². The van der Waals surface area contributed by atoms with Gasteiger partial charge in [-0.25, -0.2) is 0 Å². The Morgan fingerprint density at radius 1 is 1.50 bits per heavy atom. The first kappa shape index (κ1) is 12.5. The molecule has 88 valence electrons. The molecule has 0 radical (unpaired) electrons. The van der Waals surface area contributed by atoms with E-state index in [4.69, 9.17) is 11.5 Å². The molecule has 0 fully saturated rings. The number of hydrogen-bond donors (Lipinski definition) is 3. The molecule has 0 spiro atoms. The van der Waals surface area contributed by atoms with Gasteiger partial charge in [-0.05, 0) is 6.92 Å². The van der Waals surface area contributed by atoms with Gasteiger partial charge in [-0.3, -0.25) is 19.4 Å². The molecule has 1 aliphatic heterocycles. The van der Waals surface area contributed by atoms with Crippen molar-refractivity contribution in [2.75, 3.05) is 0 Å². The Morgan fingerprint density at radius 3 is 2.50 bits per heavy atom. The van der Waals surface area contributed by atoms with Gasteiger partial charge in [-0.1, -0.05) is 11.8 Å². The summed E-state index contributed by atoms with van der Waals surface area (Å²) in [5.74, 6) is -1.92. The summed E-state index contributed by atoms with van der Waals surface area (Å²) in [6.45, 7) is 1.75. The number of amidine groups is 1. The summed E-state index contributed by atoms with van der Waals surface area (Å²) < 4.78 is 0. The van der Waals surface area contributed by atoms with Crippen molar-refractivity contribution in [3.63, 3.8) is 0 Å². The van der Waals surface area contributed by atoms with Crippen LogP contribution in [-0.4, -0.2) is 34.2 Å². The number of carbonyl (C=O) groups is 3. The number of nitrogens with zero attached hydrogens (tertiary/aromatic N) is 1. The Kier molecular flexibility index (Phi) is 3.88. The highest BCUT2D eigenvalue weighted by Gasteiger charge is 2.27. The molecule has 0 aromatic heterocycles. The molecule has 7 nitrogen and oxygen atoms in total. The van der Waals surface area contributed by atoms with Gasteiger partial charge in [0.2, 0.25) is 17.7 Å². The van der Waals surface area contributed by atoms with E-state index in [0.717, 1.165) is 11.8 Å². The van der Waals surface area contributed by atoms with Gasteiger partial charge in [0, 0.05) is 6.42 Å². The molecular formula is C8H12N4O3S. The Labute approximate surface area is 96.0 Å². The topological polar surface area (TPSA) is 128 Å². The Hall–Kier alpha value is -1.57. The van der Waals surface area contributed by atoms with E-state index in [0.29, 0.717) is 0 Å². The molecule has 0 aliphatic carbocycles. The summed E-state index contributed by atoms with van der Waals surface area (Å²) in [7, 11) is 0. The second kappa shape index (κ2) is 4.97. The number of thioether (sulfide) groups is 1. The minimum atomic E-state index is -1.22. The van der Waals surface area contributed by atoms with Crippen LogP contribution in [-0.2, 0) is 14.4 Å². The van der Waals surface area contributed by atoms with Crippen LogP contribution in [0.3, 0.4) is 0 Å². The predicted molar refractivity (Wildman–Crippen MR) is 59.4 cm³/mol. The third-order valence-corrected chi connectivity index (χ3v) is 2.94. The van der Waals surface area contributed by atoms with Crippen molar-refractivity contribution in [3.8, 4) is 0 Å². The number of hydrogen-bond acceptors (Lipinski definition) is 5. The van der Waals surface area contributed by atoms with Crippen LogP contribution in [0.5, 0.6) is 0 Å². The first-order valence-corrected chi connectivity index (χ1v) is 5.41. The maximum Gasteiger partial charge on any atom is 0.240 e. The van der Waals surface area contributed by atoms with Crippen LogP contribution in [0.25, 0.3) is 0 Å². The summed E-state index contributed by atoms with van der Waals surface area (Å²) in [6.07, 6.45) is 0.280. The molecule has 16 heavy (non-hydrogen) atoms. The maximum atomic E-state index is 11.2. The van der Waals surface area contributed by atoms with Crippen molar-refractivity contribution in [1.82, 2.24) is 5.32 Å². The van der Waals surface area contributed by atoms with E-state index in [1.54, 1.807) is 6.92 Å². The molecular weight excluding hydrogens is 232 g/mol. The van der Waals surface area contributed by atoms with Crippen molar-refractivity contribution >= 4 is 34.7 Å². The second-order valence-corrected chi connectivity index (χ2v) is 4.43. The molecule has 0 aromatic carbocycles. The fourth-order valence-corrected chi connectivity index (χ4v) is 2.01. The van der Waals surface area contributed by atoms with Gasteiger partial charge in [0.05, 0.1) is 6.04 Å². The van der Waals surface area contributed by atoms with Gasteiger partial charge in [-0.15, -0.1) is 0 Å². The average molecular weight is 244 g/mol. The molecule has 1 aliphatic rings. The smallest absolute Gasteiger partial charge is 0.240 e. The maximum absolute atomic E-state index is 11.2. The van der Waals surface area contributed by atoms with Gasteiger partial charge in [0.25, 0.3) is 0 Å². The van der Waals surface area contributed by atoms with E-state index in [9.17, 15) is 14.4 Å². The Balaban J connectivity index is 2.75. The van der Waals surface area contributed by atoms with Crippen molar-refractivity contribution in [3.05, 3.63) is 0 Å². The number of aliphatic imine (C=N–C) groups is 1. The summed E-state index contributed by atoms with van der Waals surface area (Å²) in [5, 5.41) is 1.43. The molecule has 1 atom stereocenters. The molecule has 0 saturated heterocycles. The van der Waals surface area contributed by atoms with E-state index in [1.807, 2.05) is 0 Å². The Morgan fingerprint density at radius 2 is 2.06 bits per heavy atom. The molecule has 3 amide bonds. The number of amides is 3. The van der Waals surface area contributed by atoms with Gasteiger partial charge < -0.3 is 16.8 Å². The highest BCUT2D eigenvalue weighted by molar-refractivity contribution is 8.15. The largest absolute Gasteiger partial charge is 0.368 e. The van der Waals surface area contributed by atoms with E-state index in [1.165, 1.54) is 0 Å². The monoisotopic (exact) mass is 244 g/mol. The van der Waals surface area contributed by atoms with Crippen molar-refractivity contribution in [2.24, 2.45) is 16.5 Å². The van der Waals surface area contributed by atoms with Crippen LogP contribution in [0, 0.1) is 0 Å². The van der Waals surface area contributed by atoms with Crippen LogP contribution < -0.4 is 16.8 Å². The van der Waals surface area contributed by atoms with Crippen molar-refractivity contribution in [1.29, 1.82) is 0 Å². The first-order valence-electron chi connectivity index (χ1n) is 4.53. The minimum Gasteiger partial charge on any atom is -0.368 e. The van der Waals surface area contributed by atoms with E-state index >= 15 is 0 Å². The van der Waals surface area contributed by atoms with Crippen LogP contribution in [0.2, 0.25) is 0 Å². The third-order valence-electron chi connectivity index (χ3n) is 1.81. The van der Waals surface area contributed by atoms with Crippen molar-refractivity contribution in [2.45, 2.75) is 24.6 Å². The quantitative estimate of drug-likeness (QED) is 0.512. The SMILES string of the molecule is C[C@@H]1CC(=O)NC(SC(C(N)=O)C(N)=O)=N1. The normalized spacial score (nSPS) is 20.2. The zero-order valence-electron chi connectivity index (χ0n) is 8.60. The fraction of sp³-hybridized carbons (Fsp3) is 0.500. The average Bonchev–Trinajstić information content (AvgIpc) is 2.11. The lowest BCUT2D eigenvalue weighted by atomic mass is 10.2. The number of nitrogens with one attached hydrogen (secondary N) is 1. The zero-order valence-corrected chi connectivity index (χ0v) is 9.41. The highest BCUT2D eigenvalue weighted by atomic mass is 32.2. The summed E-state index contributed by atoms with van der Waals surface area (Å²) in [5.41, 5.74) is 9.99. The summed E-state index contributed by atoms with van der Waals surface area (Å²) >= 11 is 0.758. The second-order valence-electron chi connectivity index (χ2n) is 3.34.